The molecular formula is C16H16N2O2. The molecule has 2 amide bonds. The van der Waals surface area contributed by atoms with Crippen LogP contribution in [0.5, 0.6) is 11.5 Å². The zero-order valence-corrected chi connectivity index (χ0v) is 11.3. The van der Waals surface area contributed by atoms with Crippen LogP contribution in [0.2, 0.25) is 0 Å². The minimum absolute atomic E-state index is 0.0433. The fourth-order valence-corrected chi connectivity index (χ4v) is 2.21. The topological polar surface area (TPSA) is 32.8 Å². The third-order valence-electron chi connectivity index (χ3n) is 3.34. The Hall–Kier alpha value is -2.49. The number of likely N-dealkylation sites (N-methyl/N-ethyl adjacent to an activating group) is 1. The molecule has 20 heavy (non-hydrogen) atoms. The first-order chi connectivity index (χ1) is 9.74. The molecule has 0 saturated carbocycles. The molecule has 1 saturated heterocycles. The van der Waals surface area contributed by atoms with Gasteiger partial charge in [-0.15, -0.1) is 0 Å². The highest BCUT2D eigenvalue weighted by atomic mass is 16.5. The van der Waals surface area contributed by atoms with Crippen molar-refractivity contribution in [3.8, 4) is 11.5 Å². The van der Waals surface area contributed by atoms with E-state index in [1.54, 1.807) is 9.80 Å². The number of anilines is 1. The van der Waals surface area contributed by atoms with Crippen molar-refractivity contribution in [3.63, 3.8) is 0 Å². The van der Waals surface area contributed by atoms with Gasteiger partial charge in [0.1, 0.15) is 11.5 Å². The maximum Gasteiger partial charge on any atom is 0.324 e. The summed E-state index contributed by atoms with van der Waals surface area (Å²) in [4.78, 5) is 15.4. The monoisotopic (exact) mass is 268 g/mol. The van der Waals surface area contributed by atoms with Gasteiger partial charge in [-0.2, -0.15) is 0 Å². The molecule has 3 rings (SSSR count). The molecule has 0 unspecified atom stereocenters. The van der Waals surface area contributed by atoms with E-state index in [-0.39, 0.29) is 6.03 Å². The van der Waals surface area contributed by atoms with E-state index in [9.17, 15) is 4.79 Å². The standard InChI is InChI=1S/C16H16N2O2/c1-17-11-12-18(16(17)19)13-7-9-15(10-8-13)20-14-5-3-2-4-6-14/h2-10H,11-12H2,1H3. The summed E-state index contributed by atoms with van der Waals surface area (Å²) >= 11 is 0. The van der Waals surface area contributed by atoms with Gasteiger partial charge in [0.15, 0.2) is 0 Å². The first-order valence-electron chi connectivity index (χ1n) is 6.59. The second-order valence-corrected chi connectivity index (χ2v) is 4.76. The van der Waals surface area contributed by atoms with E-state index in [0.29, 0.717) is 0 Å². The Kier molecular flexibility index (Phi) is 3.29. The number of carbonyl (C=O) groups excluding carboxylic acids is 1. The molecule has 0 aliphatic carbocycles. The maximum atomic E-state index is 11.9. The number of carbonyl (C=O) groups is 1. The number of rotatable bonds is 3. The van der Waals surface area contributed by atoms with Crippen LogP contribution >= 0.6 is 0 Å². The zero-order valence-electron chi connectivity index (χ0n) is 11.3. The van der Waals surface area contributed by atoms with Crippen molar-refractivity contribution >= 4 is 11.7 Å². The minimum Gasteiger partial charge on any atom is -0.457 e. The number of hydrogen-bond donors (Lipinski definition) is 0. The van der Waals surface area contributed by atoms with E-state index in [1.807, 2.05) is 61.6 Å². The Morgan fingerprint density at radius 2 is 1.55 bits per heavy atom. The normalized spacial score (nSPS) is 14.8. The van der Waals surface area contributed by atoms with Crippen molar-refractivity contribution in [2.24, 2.45) is 0 Å². The van der Waals surface area contributed by atoms with Gasteiger partial charge in [0.2, 0.25) is 0 Å². The number of ether oxygens (including phenoxy) is 1. The van der Waals surface area contributed by atoms with E-state index in [4.69, 9.17) is 4.74 Å². The average Bonchev–Trinajstić information content (AvgIpc) is 2.81. The lowest BCUT2D eigenvalue weighted by atomic mass is 10.3. The second-order valence-electron chi connectivity index (χ2n) is 4.76. The third-order valence-corrected chi connectivity index (χ3v) is 3.34. The molecule has 2 aromatic carbocycles. The molecule has 0 spiro atoms. The summed E-state index contributed by atoms with van der Waals surface area (Å²) in [5.74, 6) is 1.57. The van der Waals surface area contributed by atoms with Gasteiger partial charge in [-0.1, -0.05) is 18.2 Å². The number of hydrogen-bond acceptors (Lipinski definition) is 2. The van der Waals surface area contributed by atoms with E-state index in [0.717, 1.165) is 30.3 Å². The molecule has 1 heterocycles. The lowest BCUT2D eigenvalue weighted by molar-refractivity contribution is 0.229. The molecule has 4 heteroatoms. The Bertz CT molecular complexity index is 596. The Morgan fingerprint density at radius 3 is 2.15 bits per heavy atom. The minimum atomic E-state index is 0.0433. The van der Waals surface area contributed by atoms with Crippen molar-refractivity contribution in [1.29, 1.82) is 0 Å². The summed E-state index contributed by atoms with van der Waals surface area (Å²) in [7, 11) is 1.81. The molecule has 4 nitrogen and oxygen atoms in total. The summed E-state index contributed by atoms with van der Waals surface area (Å²) in [6, 6.07) is 17.3. The molecule has 0 radical (unpaired) electrons. The van der Waals surface area contributed by atoms with Gasteiger partial charge >= 0.3 is 6.03 Å². The quantitative estimate of drug-likeness (QED) is 0.855. The van der Waals surface area contributed by atoms with Crippen LogP contribution in [0.3, 0.4) is 0 Å². The average molecular weight is 268 g/mol. The van der Waals surface area contributed by atoms with Crippen molar-refractivity contribution < 1.29 is 9.53 Å². The summed E-state index contributed by atoms with van der Waals surface area (Å²) in [5, 5.41) is 0. The summed E-state index contributed by atoms with van der Waals surface area (Å²) < 4.78 is 5.73. The first kappa shape index (κ1) is 12.5. The molecule has 0 atom stereocenters. The van der Waals surface area contributed by atoms with Crippen LogP contribution in [0.1, 0.15) is 0 Å². The molecule has 1 aliphatic heterocycles. The highest BCUT2D eigenvalue weighted by Crippen LogP contribution is 2.25. The highest BCUT2D eigenvalue weighted by molar-refractivity contribution is 5.93. The van der Waals surface area contributed by atoms with Gasteiger partial charge in [0, 0.05) is 25.8 Å². The van der Waals surface area contributed by atoms with Crippen molar-refractivity contribution in [2.75, 3.05) is 25.0 Å². The van der Waals surface area contributed by atoms with Crippen molar-refractivity contribution in [1.82, 2.24) is 4.90 Å². The van der Waals surface area contributed by atoms with E-state index < -0.39 is 0 Å². The number of para-hydroxylation sites is 1. The van der Waals surface area contributed by atoms with Crippen LogP contribution in [-0.4, -0.2) is 31.1 Å². The van der Waals surface area contributed by atoms with Gasteiger partial charge < -0.3 is 9.64 Å². The van der Waals surface area contributed by atoms with E-state index >= 15 is 0 Å². The largest absolute Gasteiger partial charge is 0.457 e. The van der Waals surface area contributed by atoms with Crippen molar-refractivity contribution in [2.45, 2.75) is 0 Å². The molecule has 0 aromatic heterocycles. The molecule has 0 N–H and O–H groups in total. The van der Waals surface area contributed by atoms with Crippen LogP contribution in [-0.2, 0) is 0 Å². The van der Waals surface area contributed by atoms with Crippen molar-refractivity contribution in [3.05, 3.63) is 54.6 Å². The number of benzene rings is 2. The summed E-state index contributed by atoms with van der Waals surface area (Å²) in [5.41, 5.74) is 0.903. The van der Waals surface area contributed by atoms with Crippen LogP contribution < -0.4 is 9.64 Å². The van der Waals surface area contributed by atoms with Gasteiger partial charge in [0.05, 0.1) is 0 Å². The van der Waals surface area contributed by atoms with E-state index in [1.165, 1.54) is 0 Å². The Labute approximate surface area is 118 Å². The number of urea groups is 1. The van der Waals surface area contributed by atoms with Crippen LogP contribution in [0.25, 0.3) is 0 Å². The van der Waals surface area contributed by atoms with Crippen LogP contribution in [0, 0.1) is 0 Å². The SMILES string of the molecule is CN1CCN(c2ccc(Oc3ccccc3)cc2)C1=O. The van der Waals surface area contributed by atoms with Gasteiger partial charge in [0.25, 0.3) is 0 Å². The van der Waals surface area contributed by atoms with Gasteiger partial charge in [-0.25, -0.2) is 4.79 Å². The van der Waals surface area contributed by atoms with E-state index in [2.05, 4.69) is 0 Å². The highest BCUT2D eigenvalue weighted by Gasteiger charge is 2.26. The van der Waals surface area contributed by atoms with Crippen LogP contribution in [0.15, 0.2) is 54.6 Å². The number of nitrogens with zero attached hydrogens (tertiary/aromatic N) is 2. The molecule has 1 fully saturated rings. The number of amides is 2. The lowest BCUT2D eigenvalue weighted by Crippen LogP contribution is -2.28. The zero-order chi connectivity index (χ0) is 13.9. The fourth-order valence-electron chi connectivity index (χ4n) is 2.21. The summed E-state index contributed by atoms with van der Waals surface area (Å²) in [6.07, 6.45) is 0. The lowest BCUT2D eigenvalue weighted by Gasteiger charge is -2.16. The molecule has 1 aliphatic rings. The van der Waals surface area contributed by atoms with Crippen LogP contribution in [0.4, 0.5) is 10.5 Å². The molecule has 102 valence electrons. The second kappa shape index (κ2) is 5.25. The fraction of sp³-hybridized carbons (Fsp3) is 0.188. The summed E-state index contributed by atoms with van der Waals surface area (Å²) in [6.45, 7) is 1.50. The Morgan fingerprint density at radius 1 is 0.900 bits per heavy atom. The van der Waals surface area contributed by atoms with Gasteiger partial charge in [-0.05, 0) is 36.4 Å². The Balaban J connectivity index is 1.73. The van der Waals surface area contributed by atoms with Gasteiger partial charge in [-0.3, -0.25) is 4.90 Å². The molecule has 0 bridgehead atoms. The maximum absolute atomic E-state index is 11.9. The molecular weight excluding hydrogens is 252 g/mol. The first-order valence-corrected chi connectivity index (χ1v) is 6.59. The predicted octanol–water partition coefficient (Wildman–Crippen LogP) is 3.35. The smallest absolute Gasteiger partial charge is 0.324 e. The third kappa shape index (κ3) is 2.45. The predicted molar refractivity (Wildman–Crippen MR) is 78.3 cm³/mol. The molecule has 2 aromatic rings.